The zero-order chi connectivity index (χ0) is 50.0. The fourth-order valence-corrected chi connectivity index (χ4v) is 9.13. The van der Waals surface area contributed by atoms with Gasteiger partial charge in [0.25, 0.3) is 0 Å². The highest BCUT2D eigenvalue weighted by Crippen LogP contribution is 2.16. The molecular formula is C63H117NO5. The summed E-state index contributed by atoms with van der Waals surface area (Å²) in [6.07, 6.45) is 74.2. The van der Waals surface area contributed by atoms with Crippen molar-refractivity contribution in [2.75, 3.05) is 13.2 Å². The smallest absolute Gasteiger partial charge is 0.305 e. The van der Waals surface area contributed by atoms with Crippen molar-refractivity contribution >= 4 is 11.9 Å². The van der Waals surface area contributed by atoms with E-state index in [1.54, 1.807) is 6.08 Å². The first-order valence-electron chi connectivity index (χ1n) is 30.4. The van der Waals surface area contributed by atoms with Gasteiger partial charge in [-0.1, -0.05) is 262 Å². The molecule has 6 nitrogen and oxygen atoms in total. The lowest BCUT2D eigenvalue weighted by Crippen LogP contribution is -2.45. The van der Waals surface area contributed by atoms with Gasteiger partial charge in [0.1, 0.15) is 0 Å². The van der Waals surface area contributed by atoms with Gasteiger partial charge in [0, 0.05) is 12.8 Å². The molecule has 2 atom stereocenters. The lowest BCUT2D eigenvalue weighted by molar-refractivity contribution is -0.143. The summed E-state index contributed by atoms with van der Waals surface area (Å²) >= 11 is 0. The Kier molecular flexibility index (Phi) is 56.5. The third-order valence-corrected chi connectivity index (χ3v) is 13.8. The number of nitrogens with one attached hydrogen (secondary N) is 1. The standard InChI is InChI=1S/C63H117NO5/c1-3-5-7-9-11-13-15-17-19-21-23-24-27-31-35-39-43-47-51-55-61(66)60(59-65)64-62(67)56-52-48-44-40-36-32-28-26-30-34-38-42-46-50-54-58-69-63(68)57-53-49-45-41-37-33-29-25-22-20-18-16-14-12-10-8-6-4-2/h14,16,20,22,30,34,51,55,60-61,65-66H,3-13,15,17-19,21,23-29,31-33,35-50,52-54,56-59H2,1-2H3,(H,64,67)/b16-14-,22-20-,34-30-,55-51+. The van der Waals surface area contributed by atoms with Gasteiger partial charge < -0.3 is 20.3 Å². The van der Waals surface area contributed by atoms with Gasteiger partial charge >= 0.3 is 5.97 Å². The molecule has 404 valence electrons. The Bertz CT molecular complexity index is 1160. The van der Waals surface area contributed by atoms with Crippen molar-refractivity contribution in [2.45, 2.75) is 328 Å². The summed E-state index contributed by atoms with van der Waals surface area (Å²) in [6.45, 7) is 4.86. The molecule has 69 heavy (non-hydrogen) atoms. The maximum atomic E-state index is 12.5. The molecule has 0 bridgehead atoms. The molecule has 0 aliphatic carbocycles. The van der Waals surface area contributed by atoms with Crippen molar-refractivity contribution in [2.24, 2.45) is 0 Å². The Morgan fingerprint density at radius 1 is 0.406 bits per heavy atom. The minimum absolute atomic E-state index is 0.0186. The number of unbranched alkanes of at least 4 members (excludes halogenated alkanes) is 39. The molecule has 6 heteroatoms. The molecule has 0 aliphatic rings. The van der Waals surface area contributed by atoms with Gasteiger partial charge in [0.15, 0.2) is 0 Å². The first kappa shape index (κ1) is 66.8. The third-order valence-electron chi connectivity index (χ3n) is 13.8. The number of aliphatic hydroxyl groups is 2. The second-order valence-corrected chi connectivity index (χ2v) is 20.7. The number of esters is 1. The number of hydrogen-bond donors (Lipinski definition) is 3. The summed E-state index contributed by atoms with van der Waals surface area (Å²) in [5, 5.41) is 23.2. The molecule has 0 aromatic heterocycles. The molecule has 0 radical (unpaired) electrons. The topological polar surface area (TPSA) is 95.9 Å². The Balaban J connectivity index is 3.51. The number of aliphatic hydroxyl groups excluding tert-OH is 2. The van der Waals surface area contributed by atoms with Crippen molar-refractivity contribution in [3.05, 3.63) is 48.6 Å². The van der Waals surface area contributed by atoms with E-state index < -0.39 is 12.1 Å². The second kappa shape index (κ2) is 58.4. The van der Waals surface area contributed by atoms with Gasteiger partial charge in [0.05, 0.1) is 25.4 Å². The van der Waals surface area contributed by atoms with Crippen LogP contribution in [0.15, 0.2) is 48.6 Å². The number of carbonyl (C=O) groups is 2. The van der Waals surface area contributed by atoms with Crippen LogP contribution in [0.25, 0.3) is 0 Å². The van der Waals surface area contributed by atoms with Crippen LogP contribution in [0.1, 0.15) is 316 Å². The van der Waals surface area contributed by atoms with E-state index in [1.165, 1.54) is 212 Å². The molecule has 2 unspecified atom stereocenters. The number of allylic oxidation sites excluding steroid dienone is 7. The Morgan fingerprint density at radius 2 is 0.725 bits per heavy atom. The Morgan fingerprint density at radius 3 is 1.13 bits per heavy atom. The van der Waals surface area contributed by atoms with E-state index in [4.69, 9.17) is 4.74 Å². The van der Waals surface area contributed by atoms with Crippen LogP contribution in [-0.4, -0.2) is 47.4 Å². The average molecular weight is 969 g/mol. The van der Waals surface area contributed by atoms with Crippen LogP contribution < -0.4 is 5.32 Å². The van der Waals surface area contributed by atoms with Crippen molar-refractivity contribution in [3.63, 3.8) is 0 Å². The minimum Gasteiger partial charge on any atom is -0.466 e. The zero-order valence-corrected chi connectivity index (χ0v) is 46.0. The van der Waals surface area contributed by atoms with E-state index in [0.29, 0.717) is 19.4 Å². The summed E-state index contributed by atoms with van der Waals surface area (Å²) in [7, 11) is 0. The van der Waals surface area contributed by atoms with Crippen LogP contribution in [0.2, 0.25) is 0 Å². The van der Waals surface area contributed by atoms with Crippen molar-refractivity contribution in [1.82, 2.24) is 5.32 Å². The highest BCUT2D eigenvalue weighted by Gasteiger charge is 2.18. The normalized spacial score (nSPS) is 12.9. The van der Waals surface area contributed by atoms with Crippen LogP contribution >= 0.6 is 0 Å². The monoisotopic (exact) mass is 968 g/mol. The minimum atomic E-state index is -0.856. The number of hydrogen-bond acceptors (Lipinski definition) is 5. The quantitative estimate of drug-likeness (QED) is 0.0321. The summed E-state index contributed by atoms with van der Waals surface area (Å²) in [4.78, 5) is 24.6. The predicted molar refractivity (Wildman–Crippen MR) is 301 cm³/mol. The first-order valence-corrected chi connectivity index (χ1v) is 30.4. The molecule has 0 spiro atoms. The lowest BCUT2D eigenvalue weighted by atomic mass is 10.0. The van der Waals surface area contributed by atoms with Crippen LogP contribution in [-0.2, 0) is 14.3 Å². The Labute approximate surface area is 429 Å². The summed E-state index contributed by atoms with van der Waals surface area (Å²) in [6, 6.07) is -0.641. The van der Waals surface area contributed by atoms with Gasteiger partial charge in [0.2, 0.25) is 5.91 Å². The van der Waals surface area contributed by atoms with E-state index in [1.807, 2.05) is 6.08 Å². The van der Waals surface area contributed by atoms with E-state index in [2.05, 4.69) is 55.6 Å². The summed E-state index contributed by atoms with van der Waals surface area (Å²) < 4.78 is 5.47. The highest BCUT2D eigenvalue weighted by atomic mass is 16.5. The van der Waals surface area contributed by atoms with Gasteiger partial charge in [-0.2, -0.15) is 0 Å². The second-order valence-electron chi connectivity index (χ2n) is 20.7. The van der Waals surface area contributed by atoms with E-state index in [9.17, 15) is 19.8 Å². The van der Waals surface area contributed by atoms with E-state index >= 15 is 0 Å². The molecule has 0 saturated carbocycles. The molecule has 0 fully saturated rings. The largest absolute Gasteiger partial charge is 0.466 e. The summed E-state index contributed by atoms with van der Waals surface area (Å²) in [5.74, 6) is -0.101. The molecule has 0 aromatic rings. The molecule has 0 aromatic carbocycles. The number of rotatable bonds is 56. The Hall–Kier alpha value is -2.18. The number of amides is 1. The van der Waals surface area contributed by atoms with Crippen LogP contribution in [0.4, 0.5) is 0 Å². The molecule has 3 N–H and O–H groups in total. The maximum Gasteiger partial charge on any atom is 0.305 e. The van der Waals surface area contributed by atoms with Crippen LogP contribution in [0, 0.1) is 0 Å². The fraction of sp³-hybridized carbons (Fsp3) is 0.841. The molecular weight excluding hydrogens is 851 g/mol. The molecule has 0 rings (SSSR count). The van der Waals surface area contributed by atoms with Crippen LogP contribution in [0.5, 0.6) is 0 Å². The fourth-order valence-electron chi connectivity index (χ4n) is 9.13. The third kappa shape index (κ3) is 55.0. The van der Waals surface area contributed by atoms with Gasteiger partial charge in [-0.25, -0.2) is 0 Å². The summed E-state index contributed by atoms with van der Waals surface area (Å²) in [5.41, 5.74) is 0. The van der Waals surface area contributed by atoms with Gasteiger partial charge in [-0.15, -0.1) is 0 Å². The molecule has 0 heterocycles. The number of carbonyl (C=O) groups excluding carboxylic acids is 2. The number of ether oxygens (including phenoxy) is 1. The van der Waals surface area contributed by atoms with Gasteiger partial charge in [-0.05, 0) is 89.9 Å². The maximum absolute atomic E-state index is 12.5. The van der Waals surface area contributed by atoms with E-state index in [-0.39, 0.29) is 18.5 Å². The molecule has 0 saturated heterocycles. The zero-order valence-electron chi connectivity index (χ0n) is 46.0. The molecule has 1 amide bonds. The predicted octanol–water partition coefficient (Wildman–Crippen LogP) is 19.0. The van der Waals surface area contributed by atoms with Crippen LogP contribution in [0.3, 0.4) is 0 Å². The lowest BCUT2D eigenvalue weighted by Gasteiger charge is -2.20. The molecule has 0 aliphatic heterocycles. The van der Waals surface area contributed by atoms with Gasteiger partial charge in [-0.3, -0.25) is 9.59 Å². The highest BCUT2D eigenvalue weighted by molar-refractivity contribution is 5.76. The van der Waals surface area contributed by atoms with E-state index in [0.717, 1.165) is 77.0 Å². The first-order chi connectivity index (χ1) is 34.0. The average Bonchev–Trinajstić information content (AvgIpc) is 3.35. The van der Waals surface area contributed by atoms with Crippen molar-refractivity contribution in [1.29, 1.82) is 0 Å². The van der Waals surface area contributed by atoms with Crippen molar-refractivity contribution < 1.29 is 24.5 Å². The SMILES string of the molecule is CCCCCC/C=C\C/C=C\CCCCCCCCCC(=O)OCCCCCC/C=C\CCCCCCCCCC(=O)NC(CO)C(O)/C=C/CCCCCCCCCCCCCCCCCCC. The van der Waals surface area contributed by atoms with Crippen molar-refractivity contribution in [3.8, 4) is 0 Å².